The number of amides is 2. The van der Waals surface area contributed by atoms with Crippen LogP contribution in [0.1, 0.15) is 18.5 Å². The van der Waals surface area contributed by atoms with E-state index in [1.165, 1.54) is 4.90 Å². The highest BCUT2D eigenvalue weighted by molar-refractivity contribution is 6.18. The van der Waals surface area contributed by atoms with Crippen LogP contribution in [0.25, 0.3) is 0 Å². The van der Waals surface area contributed by atoms with Gasteiger partial charge in [0.15, 0.2) is 5.69 Å². The second kappa shape index (κ2) is 7.67. The molecule has 0 bridgehead atoms. The zero-order valence-corrected chi connectivity index (χ0v) is 12.9. The minimum absolute atomic E-state index is 0.258. The van der Waals surface area contributed by atoms with Crippen LogP contribution < -0.4 is 10.1 Å². The number of alkyl halides is 4. The van der Waals surface area contributed by atoms with E-state index in [4.69, 9.17) is 16.3 Å². The van der Waals surface area contributed by atoms with E-state index in [1.54, 1.807) is 0 Å². The summed E-state index contributed by atoms with van der Waals surface area (Å²) in [5.41, 5.74) is -1.06. The van der Waals surface area contributed by atoms with E-state index < -0.39 is 18.0 Å². The molecule has 0 aliphatic carbocycles. The molecule has 2 rings (SSSR count). The van der Waals surface area contributed by atoms with Crippen LogP contribution in [0, 0.1) is 0 Å². The fourth-order valence-electron chi connectivity index (χ4n) is 2.19. The van der Waals surface area contributed by atoms with Gasteiger partial charge >= 0.3 is 18.2 Å². The third-order valence-electron chi connectivity index (χ3n) is 3.23. The third-order valence-corrected chi connectivity index (χ3v) is 3.42. The third kappa shape index (κ3) is 5.12. The van der Waals surface area contributed by atoms with Gasteiger partial charge in [0, 0.05) is 25.2 Å². The summed E-state index contributed by atoms with van der Waals surface area (Å²) < 4.78 is 43.3. The lowest BCUT2D eigenvalue weighted by atomic mass is 10.1. The number of hydrogen-bond acceptors (Lipinski definition) is 4. The van der Waals surface area contributed by atoms with Gasteiger partial charge in [-0.3, -0.25) is 0 Å². The molecule has 10 heteroatoms. The van der Waals surface area contributed by atoms with Crippen molar-refractivity contribution < 1.29 is 22.7 Å². The number of halogens is 4. The molecule has 1 unspecified atom stereocenters. The van der Waals surface area contributed by atoms with Crippen LogP contribution >= 0.6 is 11.6 Å². The van der Waals surface area contributed by atoms with Gasteiger partial charge in [-0.25, -0.2) is 9.78 Å². The fourth-order valence-corrected chi connectivity index (χ4v) is 2.28. The van der Waals surface area contributed by atoms with Gasteiger partial charge in [-0.1, -0.05) is 0 Å². The first-order valence-corrected chi connectivity index (χ1v) is 7.59. The summed E-state index contributed by atoms with van der Waals surface area (Å²) in [7, 11) is 0. The molecule has 0 saturated carbocycles. The quantitative estimate of drug-likeness (QED) is 0.844. The molecule has 0 radical (unpaired) electrons. The van der Waals surface area contributed by atoms with Crippen molar-refractivity contribution in [2.45, 2.75) is 25.1 Å². The highest BCUT2D eigenvalue weighted by Gasteiger charge is 2.33. The maximum absolute atomic E-state index is 12.6. The number of carbonyl (C=O) groups is 1. The van der Waals surface area contributed by atoms with E-state index in [0.717, 1.165) is 12.3 Å². The molecule has 6 nitrogen and oxygen atoms in total. The van der Waals surface area contributed by atoms with Crippen molar-refractivity contribution in [1.29, 1.82) is 0 Å². The Balaban J connectivity index is 1.96. The molecule has 1 fully saturated rings. The summed E-state index contributed by atoms with van der Waals surface area (Å²) in [6.45, 7) is 1.16. The molecule has 23 heavy (non-hydrogen) atoms. The predicted molar refractivity (Wildman–Crippen MR) is 76.4 cm³/mol. The first-order chi connectivity index (χ1) is 10.9. The number of carbonyl (C=O) groups excluding carboxylic acids is 1. The zero-order valence-electron chi connectivity index (χ0n) is 12.1. The van der Waals surface area contributed by atoms with Gasteiger partial charge in [-0.05, 0) is 18.9 Å². The molecule has 1 saturated heterocycles. The normalized spacial score (nSPS) is 18.6. The fraction of sp³-hybridized carbons (Fsp3) is 0.615. The van der Waals surface area contributed by atoms with Crippen molar-refractivity contribution in [3.8, 4) is 6.01 Å². The van der Waals surface area contributed by atoms with Crippen molar-refractivity contribution in [2.75, 3.05) is 25.5 Å². The Hall–Kier alpha value is -1.77. The second-order valence-corrected chi connectivity index (χ2v) is 5.35. The molecule has 1 aliphatic heterocycles. The number of nitrogens with one attached hydrogen (secondary N) is 1. The Morgan fingerprint density at radius 2 is 2.30 bits per heavy atom. The monoisotopic (exact) mass is 352 g/mol. The largest absolute Gasteiger partial charge is 0.458 e. The highest BCUT2D eigenvalue weighted by atomic mass is 35.5. The van der Waals surface area contributed by atoms with Crippen LogP contribution in [-0.4, -0.2) is 52.5 Å². The van der Waals surface area contributed by atoms with Crippen molar-refractivity contribution in [3.63, 3.8) is 0 Å². The molecule has 1 aliphatic rings. The van der Waals surface area contributed by atoms with Crippen molar-refractivity contribution in [1.82, 2.24) is 20.2 Å². The summed E-state index contributed by atoms with van der Waals surface area (Å²) in [6.07, 6.45) is -2.72. The van der Waals surface area contributed by atoms with Gasteiger partial charge in [-0.2, -0.15) is 18.2 Å². The standard InChI is InChI=1S/C13H16ClF3N4O2/c14-4-6-19-12(22)21-7-1-2-9(8-21)23-11-18-5-3-10(20-11)13(15,16)17/h3,5,9H,1-2,4,6-8H2,(H,19,22). The topological polar surface area (TPSA) is 67.4 Å². The summed E-state index contributed by atoms with van der Waals surface area (Å²) in [4.78, 5) is 20.5. The number of rotatable bonds is 4. The van der Waals surface area contributed by atoms with E-state index in [-0.39, 0.29) is 18.6 Å². The number of piperidine rings is 1. The number of nitrogens with zero attached hydrogens (tertiary/aromatic N) is 3. The molecule has 0 spiro atoms. The molecule has 1 atom stereocenters. The molecule has 2 amide bonds. The minimum Gasteiger partial charge on any atom is -0.458 e. The summed E-state index contributed by atoms with van der Waals surface area (Å²) in [5.74, 6) is 0.303. The number of urea groups is 1. The van der Waals surface area contributed by atoms with Crippen LogP contribution in [0.5, 0.6) is 6.01 Å². The molecule has 2 heterocycles. The Morgan fingerprint density at radius 1 is 1.52 bits per heavy atom. The molecule has 1 N–H and O–H groups in total. The van der Waals surface area contributed by atoms with Crippen LogP contribution in [-0.2, 0) is 6.18 Å². The molecule has 1 aromatic rings. The van der Waals surface area contributed by atoms with Gasteiger partial charge in [0.05, 0.1) is 6.54 Å². The SMILES string of the molecule is O=C(NCCCl)N1CCCC(Oc2nccc(C(F)(F)F)n2)C1. The smallest absolute Gasteiger partial charge is 0.433 e. The van der Waals surface area contributed by atoms with Gasteiger partial charge in [0.25, 0.3) is 0 Å². The van der Waals surface area contributed by atoms with Gasteiger partial charge < -0.3 is 15.0 Å². The first kappa shape index (κ1) is 17.6. The van der Waals surface area contributed by atoms with Crippen molar-refractivity contribution in [3.05, 3.63) is 18.0 Å². The predicted octanol–water partition coefficient (Wildman–Crippen LogP) is 2.29. The van der Waals surface area contributed by atoms with Gasteiger partial charge in [-0.15, -0.1) is 11.6 Å². The lowest BCUT2D eigenvalue weighted by molar-refractivity contribution is -0.141. The van der Waals surface area contributed by atoms with Crippen LogP contribution in [0.3, 0.4) is 0 Å². The Bertz CT molecular complexity index is 544. The zero-order chi connectivity index (χ0) is 16.9. The maximum Gasteiger partial charge on any atom is 0.433 e. The Labute approximate surface area is 136 Å². The molecular weight excluding hydrogens is 337 g/mol. The van der Waals surface area contributed by atoms with Crippen LogP contribution in [0.15, 0.2) is 12.3 Å². The number of likely N-dealkylation sites (tertiary alicyclic amines) is 1. The maximum atomic E-state index is 12.6. The lowest BCUT2D eigenvalue weighted by Crippen LogP contribution is -2.49. The molecular formula is C13H16ClF3N4O2. The Morgan fingerprint density at radius 3 is 3.00 bits per heavy atom. The van der Waals surface area contributed by atoms with Crippen molar-refractivity contribution in [2.24, 2.45) is 0 Å². The molecule has 1 aromatic heterocycles. The Kier molecular flexibility index (Phi) is 5.86. The summed E-state index contributed by atoms with van der Waals surface area (Å²) in [6, 6.07) is 0.163. The van der Waals surface area contributed by atoms with E-state index in [2.05, 4.69) is 15.3 Å². The van der Waals surface area contributed by atoms with Gasteiger partial charge in [0.1, 0.15) is 6.10 Å². The molecule has 0 aromatic carbocycles. The van der Waals surface area contributed by atoms with Gasteiger partial charge in [0.2, 0.25) is 0 Å². The van der Waals surface area contributed by atoms with Crippen molar-refractivity contribution >= 4 is 17.6 Å². The van der Waals surface area contributed by atoms with E-state index in [1.807, 2.05) is 0 Å². The molecule has 128 valence electrons. The average molecular weight is 353 g/mol. The second-order valence-electron chi connectivity index (χ2n) is 4.97. The number of aromatic nitrogens is 2. The average Bonchev–Trinajstić information content (AvgIpc) is 2.52. The van der Waals surface area contributed by atoms with Crippen LogP contribution in [0.2, 0.25) is 0 Å². The summed E-state index contributed by atoms with van der Waals surface area (Å²) in [5, 5.41) is 2.63. The number of ether oxygens (including phenoxy) is 1. The number of hydrogen-bond donors (Lipinski definition) is 1. The first-order valence-electron chi connectivity index (χ1n) is 7.06. The minimum atomic E-state index is -4.55. The van der Waals surface area contributed by atoms with E-state index in [9.17, 15) is 18.0 Å². The van der Waals surface area contributed by atoms with Crippen LogP contribution in [0.4, 0.5) is 18.0 Å². The highest BCUT2D eigenvalue weighted by Crippen LogP contribution is 2.28. The van der Waals surface area contributed by atoms with E-state index >= 15 is 0 Å². The summed E-state index contributed by atoms with van der Waals surface area (Å²) >= 11 is 5.51. The van der Waals surface area contributed by atoms with E-state index in [0.29, 0.717) is 31.8 Å². The lowest BCUT2D eigenvalue weighted by Gasteiger charge is -2.32.